The zero-order chi connectivity index (χ0) is 23.0. The monoisotopic (exact) mass is 497 g/mol. The summed E-state index contributed by atoms with van der Waals surface area (Å²) in [7, 11) is 0. The maximum absolute atomic E-state index is 12.4. The number of carbonyl (C=O) groups is 1. The molecule has 2 heterocycles. The van der Waals surface area contributed by atoms with Crippen LogP contribution < -0.4 is 5.32 Å². The molecule has 0 radical (unpaired) electrons. The summed E-state index contributed by atoms with van der Waals surface area (Å²) in [6.07, 6.45) is 1.87. The average molecular weight is 498 g/mol. The fourth-order valence-corrected chi connectivity index (χ4v) is 6.16. The standard InChI is InChI=1S/C24H27N5OS3/c1-3-18(4-2)25-22(30)16-31-23-28-27-21(29(23)14-17-10-6-5-7-11-17)15-32-24-26-19-12-8-9-13-20(19)33-24/h5-13,18H,3-4,14-16H2,1-2H3,(H,25,30). The number of hydrogen-bond donors (Lipinski definition) is 1. The second-order valence-corrected chi connectivity index (χ2v) is 10.8. The van der Waals surface area contributed by atoms with Crippen LogP contribution in [0.5, 0.6) is 0 Å². The molecule has 2 aromatic heterocycles. The highest BCUT2D eigenvalue weighted by atomic mass is 32.2. The smallest absolute Gasteiger partial charge is 0.230 e. The summed E-state index contributed by atoms with van der Waals surface area (Å²) in [5.41, 5.74) is 2.20. The van der Waals surface area contributed by atoms with Crippen molar-refractivity contribution in [1.82, 2.24) is 25.1 Å². The minimum atomic E-state index is 0.0355. The number of para-hydroxylation sites is 1. The van der Waals surface area contributed by atoms with Crippen LogP contribution in [0.2, 0.25) is 0 Å². The van der Waals surface area contributed by atoms with E-state index in [0.29, 0.717) is 18.1 Å². The zero-order valence-electron chi connectivity index (χ0n) is 18.7. The molecule has 0 aliphatic heterocycles. The van der Waals surface area contributed by atoms with Crippen molar-refractivity contribution in [1.29, 1.82) is 0 Å². The molecule has 0 atom stereocenters. The average Bonchev–Trinajstić information content (AvgIpc) is 3.43. The third-order valence-electron chi connectivity index (χ3n) is 5.26. The number of nitrogens with zero attached hydrogens (tertiary/aromatic N) is 4. The third-order valence-corrected chi connectivity index (χ3v) is 8.40. The largest absolute Gasteiger partial charge is 0.353 e. The van der Waals surface area contributed by atoms with Gasteiger partial charge in [-0.1, -0.05) is 79.8 Å². The van der Waals surface area contributed by atoms with Gasteiger partial charge >= 0.3 is 0 Å². The Bertz CT molecular complexity index is 1150. The highest BCUT2D eigenvalue weighted by molar-refractivity contribution is 8.00. The van der Waals surface area contributed by atoms with Crippen LogP contribution >= 0.6 is 34.9 Å². The van der Waals surface area contributed by atoms with Crippen LogP contribution in [0.25, 0.3) is 10.2 Å². The number of aromatic nitrogens is 4. The molecule has 4 rings (SSSR count). The number of nitrogens with one attached hydrogen (secondary N) is 1. The van der Waals surface area contributed by atoms with Crippen molar-refractivity contribution in [2.24, 2.45) is 0 Å². The summed E-state index contributed by atoms with van der Waals surface area (Å²) in [6, 6.07) is 18.7. The van der Waals surface area contributed by atoms with Crippen LogP contribution in [0, 0.1) is 0 Å². The van der Waals surface area contributed by atoms with Crippen LogP contribution in [-0.4, -0.2) is 37.5 Å². The van der Waals surface area contributed by atoms with Crippen LogP contribution in [-0.2, 0) is 17.1 Å². The second-order valence-electron chi connectivity index (χ2n) is 7.58. The predicted molar refractivity (Wildman–Crippen MR) is 138 cm³/mol. The molecule has 0 bridgehead atoms. The lowest BCUT2D eigenvalue weighted by Gasteiger charge is -2.14. The fourth-order valence-electron chi connectivity index (χ4n) is 3.39. The summed E-state index contributed by atoms with van der Waals surface area (Å²) >= 11 is 4.80. The van der Waals surface area contributed by atoms with Crippen molar-refractivity contribution >= 4 is 51.0 Å². The first-order valence-corrected chi connectivity index (χ1v) is 13.8. The molecule has 0 aliphatic carbocycles. The first kappa shape index (κ1) is 23.8. The van der Waals surface area contributed by atoms with E-state index in [-0.39, 0.29) is 11.9 Å². The van der Waals surface area contributed by atoms with Crippen molar-refractivity contribution in [3.05, 3.63) is 66.0 Å². The Morgan fingerprint density at radius 3 is 2.55 bits per heavy atom. The first-order chi connectivity index (χ1) is 16.2. The Kier molecular flexibility index (Phi) is 8.41. The molecule has 0 spiro atoms. The number of amides is 1. The van der Waals surface area contributed by atoms with Crippen molar-refractivity contribution in [3.8, 4) is 0 Å². The Morgan fingerprint density at radius 2 is 1.79 bits per heavy atom. The molecule has 0 saturated heterocycles. The van der Waals surface area contributed by atoms with Gasteiger partial charge in [0, 0.05) is 6.04 Å². The summed E-state index contributed by atoms with van der Waals surface area (Å²) in [4.78, 5) is 17.1. The number of hydrogen-bond acceptors (Lipinski definition) is 7. The Hall–Kier alpha value is -2.36. The quantitative estimate of drug-likeness (QED) is 0.271. The lowest BCUT2D eigenvalue weighted by atomic mass is 10.2. The molecule has 9 heteroatoms. The zero-order valence-corrected chi connectivity index (χ0v) is 21.2. The SMILES string of the molecule is CCC(CC)NC(=O)CSc1nnc(CSc2nc3ccccc3s2)n1Cc1ccccc1. The maximum Gasteiger partial charge on any atom is 0.230 e. The summed E-state index contributed by atoms with van der Waals surface area (Å²) in [5, 5.41) is 12.7. The van der Waals surface area contributed by atoms with E-state index in [2.05, 4.69) is 52.1 Å². The van der Waals surface area contributed by atoms with Crippen molar-refractivity contribution in [3.63, 3.8) is 0 Å². The molecule has 0 fully saturated rings. The molecule has 4 aromatic rings. The molecule has 1 N–H and O–H groups in total. The Balaban J connectivity index is 1.48. The Labute approximate surface area is 206 Å². The number of carbonyl (C=O) groups excluding carboxylic acids is 1. The predicted octanol–water partition coefficient (Wildman–Crippen LogP) is 5.63. The van der Waals surface area contributed by atoms with Crippen LogP contribution in [0.4, 0.5) is 0 Å². The molecule has 6 nitrogen and oxygen atoms in total. The molecule has 0 aliphatic rings. The number of rotatable bonds is 11. The molecular formula is C24H27N5OS3. The minimum Gasteiger partial charge on any atom is -0.353 e. The van der Waals surface area contributed by atoms with E-state index in [1.54, 1.807) is 23.1 Å². The molecule has 2 aromatic carbocycles. The van der Waals surface area contributed by atoms with Gasteiger partial charge in [-0.05, 0) is 30.5 Å². The molecule has 33 heavy (non-hydrogen) atoms. The number of thiazole rings is 1. The topological polar surface area (TPSA) is 72.7 Å². The number of fused-ring (bicyclic) bond motifs is 1. The number of thioether (sulfide) groups is 2. The van der Waals surface area contributed by atoms with Crippen molar-refractivity contribution in [2.75, 3.05) is 5.75 Å². The fraction of sp³-hybridized carbons (Fsp3) is 0.333. The maximum atomic E-state index is 12.4. The van der Waals surface area contributed by atoms with Gasteiger partial charge in [0.15, 0.2) is 9.50 Å². The van der Waals surface area contributed by atoms with Gasteiger partial charge in [-0.15, -0.1) is 21.5 Å². The van der Waals surface area contributed by atoms with Gasteiger partial charge in [0.25, 0.3) is 0 Å². The minimum absolute atomic E-state index is 0.0355. The van der Waals surface area contributed by atoms with Gasteiger partial charge in [0.2, 0.25) is 5.91 Å². The third kappa shape index (κ3) is 6.37. The van der Waals surface area contributed by atoms with E-state index >= 15 is 0 Å². The van der Waals surface area contributed by atoms with Gasteiger partial charge in [0.05, 0.1) is 28.3 Å². The van der Waals surface area contributed by atoms with Crippen molar-refractivity contribution in [2.45, 2.75) is 54.5 Å². The summed E-state index contributed by atoms with van der Waals surface area (Å²) in [6.45, 7) is 4.85. The van der Waals surface area contributed by atoms with Gasteiger partial charge in [-0.3, -0.25) is 4.79 Å². The number of benzene rings is 2. The van der Waals surface area contributed by atoms with Gasteiger partial charge < -0.3 is 9.88 Å². The van der Waals surface area contributed by atoms with Crippen molar-refractivity contribution < 1.29 is 4.79 Å². The van der Waals surface area contributed by atoms with Crippen LogP contribution in [0.3, 0.4) is 0 Å². The lowest BCUT2D eigenvalue weighted by Crippen LogP contribution is -2.35. The lowest BCUT2D eigenvalue weighted by molar-refractivity contribution is -0.119. The summed E-state index contributed by atoms with van der Waals surface area (Å²) in [5.74, 6) is 1.91. The van der Waals surface area contributed by atoms with E-state index in [0.717, 1.165) is 33.7 Å². The summed E-state index contributed by atoms with van der Waals surface area (Å²) < 4.78 is 4.32. The highest BCUT2D eigenvalue weighted by Crippen LogP contribution is 2.32. The van der Waals surface area contributed by atoms with E-state index in [1.807, 2.05) is 36.4 Å². The van der Waals surface area contributed by atoms with Crippen LogP contribution in [0.15, 0.2) is 64.1 Å². The van der Waals surface area contributed by atoms with Gasteiger partial charge in [0.1, 0.15) is 5.82 Å². The van der Waals surface area contributed by atoms with E-state index in [4.69, 9.17) is 4.98 Å². The normalized spacial score (nSPS) is 11.4. The van der Waals surface area contributed by atoms with E-state index < -0.39 is 0 Å². The Morgan fingerprint density at radius 1 is 1.03 bits per heavy atom. The van der Waals surface area contributed by atoms with Gasteiger partial charge in [-0.2, -0.15) is 0 Å². The first-order valence-electron chi connectivity index (χ1n) is 11.0. The molecular weight excluding hydrogens is 470 g/mol. The van der Waals surface area contributed by atoms with Crippen LogP contribution in [0.1, 0.15) is 38.1 Å². The van der Waals surface area contributed by atoms with E-state index in [1.165, 1.54) is 22.0 Å². The molecule has 172 valence electrons. The van der Waals surface area contributed by atoms with E-state index in [9.17, 15) is 4.79 Å². The van der Waals surface area contributed by atoms with Gasteiger partial charge in [-0.25, -0.2) is 4.98 Å². The molecule has 1 amide bonds. The highest BCUT2D eigenvalue weighted by Gasteiger charge is 2.17. The second kappa shape index (κ2) is 11.7. The molecule has 0 unspecified atom stereocenters. The molecule has 0 saturated carbocycles.